The van der Waals surface area contributed by atoms with Crippen LogP contribution in [0.5, 0.6) is 0 Å². The van der Waals surface area contributed by atoms with Gasteiger partial charge in [-0.25, -0.2) is 4.68 Å². The normalized spacial score (nSPS) is 19.0. The third-order valence-electron chi connectivity index (χ3n) is 5.55. The Morgan fingerprint density at radius 3 is 2.68 bits per heavy atom. The largest absolute Gasteiger partial charge is 0.344 e. The van der Waals surface area contributed by atoms with E-state index in [1.807, 2.05) is 40.8 Å². The number of anilines is 1. The van der Waals surface area contributed by atoms with E-state index >= 15 is 0 Å². The highest BCUT2D eigenvalue weighted by atomic mass is 16.2. The molecule has 148 valence electrons. The predicted octanol–water partition coefficient (Wildman–Crippen LogP) is 1.82. The SMILES string of the molecule is CC(NC(=O)c1cn(C2CCNCC2)nn1)c1ccc(N2CCCC2=O)cc1. The maximum Gasteiger partial charge on any atom is 0.273 e. The molecule has 0 aliphatic carbocycles. The molecule has 4 rings (SSSR count). The van der Waals surface area contributed by atoms with Crippen LogP contribution in [0.2, 0.25) is 0 Å². The van der Waals surface area contributed by atoms with Gasteiger partial charge in [0.2, 0.25) is 5.91 Å². The van der Waals surface area contributed by atoms with Gasteiger partial charge < -0.3 is 15.5 Å². The molecular weight excluding hydrogens is 356 g/mol. The molecule has 0 spiro atoms. The second kappa shape index (κ2) is 8.10. The van der Waals surface area contributed by atoms with Crippen molar-refractivity contribution >= 4 is 17.5 Å². The first-order valence-corrected chi connectivity index (χ1v) is 9.95. The van der Waals surface area contributed by atoms with E-state index < -0.39 is 0 Å². The first-order chi connectivity index (χ1) is 13.6. The van der Waals surface area contributed by atoms with E-state index in [9.17, 15) is 9.59 Å². The molecule has 3 heterocycles. The zero-order chi connectivity index (χ0) is 19.5. The maximum atomic E-state index is 12.6. The van der Waals surface area contributed by atoms with Crippen molar-refractivity contribution in [2.45, 2.75) is 44.7 Å². The molecule has 0 bridgehead atoms. The lowest BCUT2D eigenvalue weighted by Crippen LogP contribution is -2.29. The van der Waals surface area contributed by atoms with Crippen LogP contribution in [0, 0.1) is 0 Å². The summed E-state index contributed by atoms with van der Waals surface area (Å²) in [5.74, 6) is -0.0579. The number of carbonyl (C=O) groups excluding carboxylic acids is 2. The predicted molar refractivity (Wildman–Crippen MR) is 105 cm³/mol. The fourth-order valence-electron chi connectivity index (χ4n) is 3.85. The second-order valence-corrected chi connectivity index (χ2v) is 7.50. The molecule has 8 heteroatoms. The Kier molecular flexibility index (Phi) is 5.38. The van der Waals surface area contributed by atoms with Gasteiger partial charge in [0.15, 0.2) is 5.69 Å². The molecule has 2 saturated heterocycles. The topological polar surface area (TPSA) is 92.2 Å². The van der Waals surface area contributed by atoms with Crippen LogP contribution in [-0.4, -0.2) is 46.4 Å². The van der Waals surface area contributed by atoms with Gasteiger partial charge in [0.1, 0.15) is 0 Å². The summed E-state index contributed by atoms with van der Waals surface area (Å²) in [5, 5.41) is 14.5. The quantitative estimate of drug-likeness (QED) is 0.823. The Labute approximate surface area is 164 Å². The van der Waals surface area contributed by atoms with E-state index in [-0.39, 0.29) is 17.9 Å². The number of nitrogens with one attached hydrogen (secondary N) is 2. The van der Waals surface area contributed by atoms with Gasteiger partial charge in [0.05, 0.1) is 18.3 Å². The molecule has 1 aromatic carbocycles. The molecule has 2 amide bonds. The summed E-state index contributed by atoms with van der Waals surface area (Å²) >= 11 is 0. The van der Waals surface area contributed by atoms with Gasteiger partial charge >= 0.3 is 0 Å². The molecule has 2 aliphatic heterocycles. The van der Waals surface area contributed by atoms with E-state index in [4.69, 9.17) is 0 Å². The summed E-state index contributed by atoms with van der Waals surface area (Å²) in [7, 11) is 0. The Hall–Kier alpha value is -2.74. The molecule has 1 unspecified atom stereocenters. The molecule has 28 heavy (non-hydrogen) atoms. The van der Waals surface area contributed by atoms with Gasteiger partial charge in [-0.2, -0.15) is 0 Å². The summed E-state index contributed by atoms with van der Waals surface area (Å²) in [4.78, 5) is 26.2. The minimum absolute atomic E-state index is 0.167. The van der Waals surface area contributed by atoms with Crippen molar-refractivity contribution in [2.24, 2.45) is 0 Å². The molecule has 0 saturated carbocycles. The fourth-order valence-corrected chi connectivity index (χ4v) is 3.85. The molecule has 2 aliphatic rings. The van der Waals surface area contributed by atoms with Gasteiger partial charge in [-0.05, 0) is 57.0 Å². The van der Waals surface area contributed by atoms with E-state index in [2.05, 4.69) is 20.9 Å². The number of carbonyl (C=O) groups is 2. The van der Waals surface area contributed by atoms with Crippen LogP contribution >= 0.6 is 0 Å². The van der Waals surface area contributed by atoms with Crippen LogP contribution in [0.4, 0.5) is 5.69 Å². The van der Waals surface area contributed by atoms with E-state index in [1.54, 1.807) is 6.20 Å². The highest BCUT2D eigenvalue weighted by Crippen LogP contribution is 2.24. The standard InChI is InChI=1S/C20H26N6O2/c1-14(15-4-6-16(7-5-15)25-12-2-3-19(25)27)22-20(28)18-13-26(24-23-18)17-8-10-21-11-9-17/h4-7,13-14,17,21H,2-3,8-12H2,1H3,(H,22,28). The van der Waals surface area contributed by atoms with E-state index in [1.165, 1.54) is 0 Å². The number of rotatable bonds is 5. The second-order valence-electron chi connectivity index (χ2n) is 7.50. The highest BCUT2D eigenvalue weighted by molar-refractivity contribution is 5.95. The zero-order valence-electron chi connectivity index (χ0n) is 16.1. The van der Waals surface area contributed by atoms with E-state index in [0.29, 0.717) is 18.2 Å². The monoisotopic (exact) mass is 382 g/mol. The highest BCUT2D eigenvalue weighted by Gasteiger charge is 2.22. The average molecular weight is 382 g/mol. The van der Waals surface area contributed by atoms with Crippen molar-refractivity contribution in [1.82, 2.24) is 25.6 Å². The third-order valence-corrected chi connectivity index (χ3v) is 5.55. The van der Waals surface area contributed by atoms with Crippen molar-refractivity contribution in [3.63, 3.8) is 0 Å². The van der Waals surface area contributed by atoms with Crippen LogP contribution in [0.25, 0.3) is 0 Å². The summed E-state index contributed by atoms with van der Waals surface area (Å²) in [6, 6.07) is 7.92. The smallest absolute Gasteiger partial charge is 0.273 e. The molecule has 2 N–H and O–H groups in total. The Morgan fingerprint density at radius 1 is 1.25 bits per heavy atom. The number of piperidine rings is 1. The van der Waals surface area contributed by atoms with Gasteiger partial charge in [-0.15, -0.1) is 5.10 Å². The Morgan fingerprint density at radius 2 is 2.00 bits per heavy atom. The Bertz CT molecular complexity index is 841. The summed E-state index contributed by atoms with van der Waals surface area (Å²) in [6.45, 7) is 4.63. The number of amides is 2. The summed E-state index contributed by atoms with van der Waals surface area (Å²) < 4.78 is 1.81. The molecule has 2 aromatic rings. The number of hydrogen-bond donors (Lipinski definition) is 2. The van der Waals surface area contributed by atoms with Crippen LogP contribution in [0.15, 0.2) is 30.5 Å². The van der Waals surface area contributed by atoms with Crippen molar-refractivity contribution in [2.75, 3.05) is 24.5 Å². The summed E-state index contributed by atoms with van der Waals surface area (Å²) in [5.41, 5.74) is 2.23. The summed E-state index contributed by atoms with van der Waals surface area (Å²) in [6.07, 6.45) is 5.25. The molecular formula is C20H26N6O2. The molecule has 1 atom stereocenters. The van der Waals surface area contributed by atoms with Crippen LogP contribution in [0.3, 0.4) is 0 Å². The molecule has 0 radical (unpaired) electrons. The first-order valence-electron chi connectivity index (χ1n) is 9.95. The minimum Gasteiger partial charge on any atom is -0.344 e. The average Bonchev–Trinajstić information content (AvgIpc) is 3.38. The molecule has 8 nitrogen and oxygen atoms in total. The number of benzene rings is 1. The van der Waals surface area contributed by atoms with Crippen molar-refractivity contribution in [1.29, 1.82) is 0 Å². The first kappa shape index (κ1) is 18.6. The number of aromatic nitrogens is 3. The molecule has 2 fully saturated rings. The van der Waals surface area contributed by atoms with Gasteiger partial charge in [0, 0.05) is 18.7 Å². The molecule has 1 aromatic heterocycles. The van der Waals surface area contributed by atoms with Gasteiger partial charge in [-0.1, -0.05) is 17.3 Å². The van der Waals surface area contributed by atoms with Crippen LogP contribution < -0.4 is 15.5 Å². The van der Waals surface area contributed by atoms with Crippen LogP contribution in [-0.2, 0) is 4.79 Å². The fraction of sp³-hybridized carbons (Fsp3) is 0.500. The van der Waals surface area contributed by atoms with Crippen molar-refractivity contribution in [3.05, 3.63) is 41.7 Å². The third kappa shape index (κ3) is 3.91. The number of hydrogen-bond acceptors (Lipinski definition) is 5. The van der Waals surface area contributed by atoms with Gasteiger partial charge in [-0.3, -0.25) is 9.59 Å². The number of nitrogens with zero attached hydrogens (tertiary/aromatic N) is 4. The Balaban J connectivity index is 1.37. The van der Waals surface area contributed by atoms with Crippen LogP contribution in [0.1, 0.15) is 60.7 Å². The zero-order valence-corrected chi connectivity index (χ0v) is 16.1. The lowest BCUT2D eigenvalue weighted by atomic mass is 10.1. The van der Waals surface area contributed by atoms with Gasteiger partial charge in [0.25, 0.3) is 5.91 Å². The minimum atomic E-state index is -0.230. The lowest BCUT2D eigenvalue weighted by molar-refractivity contribution is -0.117. The van der Waals surface area contributed by atoms with Crippen molar-refractivity contribution < 1.29 is 9.59 Å². The van der Waals surface area contributed by atoms with Crippen molar-refractivity contribution in [3.8, 4) is 0 Å². The maximum absolute atomic E-state index is 12.6. The lowest BCUT2D eigenvalue weighted by Gasteiger charge is -2.22. The van der Waals surface area contributed by atoms with E-state index in [0.717, 1.165) is 50.1 Å².